The lowest BCUT2D eigenvalue weighted by Gasteiger charge is -2.11. The van der Waals surface area contributed by atoms with Crippen molar-refractivity contribution in [3.63, 3.8) is 0 Å². The second-order valence-electron chi connectivity index (χ2n) is 6.90. The molecule has 0 spiro atoms. The molecular weight excluding hydrogens is 356 g/mol. The first-order chi connectivity index (χ1) is 13.7. The van der Waals surface area contributed by atoms with Crippen LogP contribution in [-0.4, -0.2) is 27.0 Å². The summed E-state index contributed by atoms with van der Waals surface area (Å²) in [4.78, 5) is 33.5. The van der Waals surface area contributed by atoms with Gasteiger partial charge in [-0.05, 0) is 42.7 Å². The Balaban J connectivity index is 1.45. The van der Waals surface area contributed by atoms with E-state index in [9.17, 15) is 9.59 Å². The minimum Gasteiger partial charge on any atom is -0.484 e. The van der Waals surface area contributed by atoms with E-state index in [4.69, 9.17) is 4.74 Å². The fraction of sp³-hybridized carbons (Fsp3) is 0.333. The van der Waals surface area contributed by atoms with Crippen LogP contribution in [0.3, 0.4) is 0 Å². The zero-order chi connectivity index (χ0) is 19.3. The van der Waals surface area contributed by atoms with Gasteiger partial charge in [-0.15, -0.1) is 0 Å². The number of carbonyl (C=O) groups is 1. The standard InChI is InChI=1S/C21H22N4O3/c26-20(23-13-15-5-4-9-22-12-15)14-28-16-7-8-18-17(11-16)21(27)25-10-3-1-2-6-19(25)24-18/h4-5,7-9,11-12H,1-3,6,10,13-14H2,(H,23,26). The molecule has 0 unspecified atom stereocenters. The molecule has 1 aliphatic heterocycles. The molecule has 1 N–H and O–H groups in total. The number of pyridine rings is 1. The monoisotopic (exact) mass is 378 g/mol. The van der Waals surface area contributed by atoms with Crippen LogP contribution in [0.4, 0.5) is 0 Å². The molecule has 0 fully saturated rings. The van der Waals surface area contributed by atoms with E-state index in [2.05, 4.69) is 15.3 Å². The Kier molecular flexibility index (Phi) is 5.32. The maximum atomic E-state index is 12.9. The first-order valence-electron chi connectivity index (χ1n) is 9.52. The van der Waals surface area contributed by atoms with Crippen LogP contribution in [0.2, 0.25) is 0 Å². The van der Waals surface area contributed by atoms with Gasteiger partial charge in [0.2, 0.25) is 0 Å². The Hall–Kier alpha value is -3.22. The Morgan fingerprint density at radius 1 is 1.21 bits per heavy atom. The molecule has 1 aromatic carbocycles. The first-order valence-corrected chi connectivity index (χ1v) is 9.52. The van der Waals surface area contributed by atoms with Crippen molar-refractivity contribution in [1.29, 1.82) is 0 Å². The molecule has 0 radical (unpaired) electrons. The normalized spacial score (nSPS) is 13.6. The number of carbonyl (C=O) groups excluding carboxylic acids is 1. The molecule has 7 nitrogen and oxygen atoms in total. The number of aromatic nitrogens is 3. The molecule has 7 heteroatoms. The van der Waals surface area contributed by atoms with Crippen LogP contribution in [0.1, 0.15) is 30.7 Å². The number of amides is 1. The van der Waals surface area contributed by atoms with Gasteiger partial charge in [0.15, 0.2) is 6.61 Å². The molecule has 0 bridgehead atoms. The van der Waals surface area contributed by atoms with E-state index in [0.29, 0.717) is 29.7 Å². The van der Waals surface area contributed by atoms with E-state index in [-0.39, 0.29) is 18.1 Å². The van der Waals surface area contributed by atoms with Crippen molar-refractivity contribution in [2.75, 3.05) is 6.61 Å². The van der Waals surface area contributed by atoms with E-state index in [0.717, 1.165) is 37.1 Å². The summed E-state index contributed by atoms with van der Waals surface area (Å²) >= 11 is 0. The molecule has 28 heavy (non-hydrogen) atoms. The van der Waals surface area contributed by atoms with Crippen molar-refractivity contribution in [1.82, 2.24) is 19.9 Å². The summed E-state index contributed by atoms with van der Waals surface area (Å²) in [6.07, 6.45) is 7.39. The second-order valence-corrected chi connectivity index (χ2v) is 6.90. The summed E-state index contributed by atoms with van der Waals surface area (Å²) in [5, 5.41) is 3.31. The van der Waals surface area contributed by atoms with E-state index in [1.165, 1.54) is 0 Å². The van der Waals surface area contributed by atoms with Gasteiger partial charge in [0, 0.05) is 31.9 Å². The molecule has 2 aromatic heterocycles. The summed E-state index contributed by atoms with van der Waals surface area (Å²) in [6.45, 7) is 0.982. The van der Waals surface area contributed by atoms with E-state index in [1.807, 2.05) is 12.1 Å². The lowest BCUT2D eigenvalue weighted by Crippen LogP contribution is -2.28. The number of ether oxygens (including phenoxy) is 1. The predicted molar refractivity (Wildman–Crippen MR) is 105 cm³/mol. The summed E-state index contributed by atoms with van der Waals surface area (Å²) in [5.41, 5.74) is 1.56. The summed E-state index contributed by atoms with van der Waals surface area (Å²) in [6, 6.07) is 8.92. The van der Waals surface area contributed by atoms with Crippen LogP contribution in [-0.2, 0) is 24.3 Å². The number of fused-ring (bicyclic) bond motifs is 2. The molecule has 0 saturated heterocycles. The SMILES string of the molecule is O=C(COc1ccc2nc3n(c(=O)c2c1)CCCCC3)NCc1cccnc1. The van der Waals surface area contributed by atoms with Gasteiger partial charge in [-0.2, -0.15) is 0 Å². The first kappa shape index (κ1) is 18.2. The highest BCUT2D eigenvalue weighted by Gasteiger charge is 2.14. The summed E-state index contributed by atoms with van der Waals surface area (Å²) in [7, 11) is 0. The van der Waals surface area contributed by atoms with Crippen molar-refractivity contribution in [3.8, 4) is 5.75 Å². The minimum absolute atomic E-state index is 0.0339. The van der Waals surface area contributed by atoms with Crippen LogP contribution in [0.15, 0.2) is 47.5 Å². The molecule has 4 rings (SSSR count). The van der Waals surface area contributed by atoms with Gasteiger partial charge in [-0.3, -0.25) is 19.1 Å². The maximum absolute atomic E-state index is 12.9. The number of benzene rings is 1. The summed E-state index contributed by atoms with van der Waals surface area (Å²) in [5.74, 6) is 1.11. The number of hydrogen-bond donors (Lipinski definition) is 1. The number of nitrogens with one attached hydrogen (secondary N) is 1. The molecule has 3 heterocycles. The smallest absolute Gasteiger partial charge is 0.261 e. The van der Waals surface area contributed by atoms with Crippen molar-refractivity contribution in [2.24, 2.45) is 0 Å². The minimum atomic E-state index is -0.235. The second kappa shape index (κ2) is 8.21. The van der Waals surface area contributed by atoms with Crippen LogP contribution >= 0.6 is 0 Å². The van der Waals surface area contributed by atoms with Crippen LogP contribution < -0.4 is 15.6 Å². The van der Waals surface area contributed by atoms with Crippen LogP contribution in [0.25, 0.3) is 10.9 Å². The fourth-order valence-corrected chi connectivity index (χ4v) is 3.39. The van der Waals surface area contributed by atoms with Crippen LogP contribution in [0, 0.1) is 0 Å². The van der Waals surface area contributed by atoms with Gasteiger partial charge in [-0.25, -0.2) is 4.98 Å². The van der Waals surface area contributed by atoms with Gasteiger partial charge >= 0.3 is 0 Å². The number of nitrogens with zero attached hydrogens (tertiary/aromatic N) is 3. The Bertz CT molecular complexity index is 1050. The van der Waals surface area contributed by atoms with E-state index < -0.39 is 0 Å². The average molecular weight is 378 g/mol. The molecule has 0 aliphatic carbocycles. The highest BCUT2D eigenvalue weighted by Crippen LogP contribution is 2.19. The number of aryl methyl sites for hydroxylation is 1. The maximum Gasteiger partial charge on any atom is 0.261 e. The molecular formula is C21H22N4O3. The van der Waals surface area contributed by atoms with Gasteiger partial charge in [0.25, 0.3) is 11.5 Å². The molecule has 0 atom stereocenters. The quantitative estimate of drug-likeness (QED) is 0.736. The zero-order valence-corrected chi connectivity index (χ0v) is 15.6. The number of hydrogen-bond acceptors (Lipinski definition) is 5. The molecule has 0 saturated carbocycles. The predicted octanol–water partition coefficient (Wildman–Crippen LogP) is 2.21. The average Bonchev–Trinajstić information content (AvgIpc) is 2.97. The van der Waals surface area contributed by atoms with Crippen molar-refractivity contribution in [3.05, 3.63) is 64.5 Å². The zero-order valence-electron chi connectivity index (χ0n) is 15.6. The topological polar surface area (TPSA) is 86.1 Å². The lowest BCUT2D eigenvalue weighted by molar-refractivity contribution is -0.123. The van der Waals surface area contributed by atoms with Gasteiger partial charge in [-0.1, -0.05) is 12.5 Å². The van der Waals surface area contributed by atoms with Crippen LogP contribution in [0.5, 0.6) is 5.75 Å². The lowest BCUT2D eigenvalue weighted by atomic mass is 10.2. The molecule has 1 aliphatic rings. The summed E-state index contributed by atoms with van der Waals surface area (Å²) < 4.78 is 7.36. The Labute approximate surface area is 162 Å². The third-order valence-corrected chi connectivity index (χ3v) is 4.87. The van der Waals surface area contributed by atoms with Gasteiger partial charge in [0.1, 0.15) is 11.6 Å². The molecule has 3 aromatic rings. The van der Waals surface area contributed by atoms with Gasteiger partial charge < -0.3 is 10.1 Å². The number of rotatable bonds is 5. The van der Waals surface area contributed by atoms with Crippen molar-refractivity contribution >= 4 is 16.8 Å². The van der Waals surface area contributed by atoms with Crippen molar-refractivity contribution in [2.45, 2.75) is 38.8 Å². The molecule has 1 amide bonds. The third-order valence-electron chi connectivity index (χ3n) is 4.87. The Morgan fingerprint density at radius 2 is 2.14 bits per heavy atom. The fourth-order valence-electron chi connectivity index (χ4n) is 3.39. The Morgan fingerprint density at radius 3 is 3.00 bits per heavy atom. The third kappa shape index (κ3) is 4.03. The van der Waals surface area contributed by atoms with E-state index in [1.54, 1.807) is 35.2 Å². The highest BCUT2D eigenvalue weighted by molar-refractivity contribution is 5.80. The van der Waals surface area contributed by atoms with E-state index >= 15 is 0 Å². The highest BCUT2D eigenvalue weighted by atomic mass is 16.5. The van der Waals surface area contributed by atoms with Gasteiger partial charge in [0.05, 0.1) is 10.9 Å². The van der Waals surface area contributed by atoms with Crippen molar-refractivity contribution < 1.29 is 9.53 Å². The molecule has 144 valence electrons. The largest absolute Gasteiger partial charge is 0.484 e.